The first-order valence-electron chi connectivity index (χ1n) is 8.54. The van der Waals surface area contributed by atoms with E-state index in [1.807, 2.05) is 29.2 Å². The molecule has 1 N–H and O–H groups in total. The van der Waals surface area contributed by atoms with E-state index >= 15 is 0 Å². The first kappa shape index (κ1) is 16.2. The van der Waals surface area contributed by atoms with Crippen LogP contribution in [-0.4, -0.2) is 34.1 Å². The molecule has 0 radical (unpaired) electrons. The van der Waals surface area contributed by atoms with E-state index in [1.54, 1.807) is 25.4 Å². The van der Waals surface area contributed by atoms with Gasteiger partial charge in [-0.1, -0.05) is 30.3 Å². The number of hydrogen-bond acceptors (Lipinski definition) is 3. The zero-order chi connectivity index (χ0) is 17.9. The van der Waals surface area contributed by atoms with Crippen LogP contribution in [0.3, 0.4) is 0 Å². The van der Waals surface area contributed by atoms with Gasteiger partial charge in [-0.2, -0.15) is 0 Å². The molecule has 6 nitrogen and oxygen atoms in total. The van der Waals surface area contributed by atoms with Crippen molar-refractivity contribution in [3.05, 3.63) is 78.2 Å². The number of anilines is 1. The zero-order valence-electron chi connectivity index (χ0n) is 14.5. The topological polar surface area (TPSA) is 59.4 Å². The Bertz CT molecular complexity index is 890. The lowest BCUT2D eigenvalue weighted by Crippen LogP contribution is -2.44. The molecule has 0 saturated heterocycles. The average molecular weight is 348 g/mol. The minimum Gasteiger partial charge on any atom is -0.481 e. The molecule has 6 heteroatoms. The van der Waals surface area contributed by atoms with E-state index in [0.29, 0.717) is 18.1 Å². The number of nitrogens with zero attached hydrogens (tertiary/aromatic N) is 3. The van der Waals surface area contributed by atoms with Gasteiger partial charge in [0, 0.05) is 31.0 Å². The number of hydrogen-bond donors (Lipinski definition) is 1. The van der Waals surface area contributed by atoms with E-state index in [2.05, 4.69) is 39.3 Å². The van der Waals surface area contributed by atoms with Gasteiger partial charge >= 0.3 is 6.03 Å². The van der Waals surface area contributed by atoms with Crippen LogP contribution >= 0.6 is 0 Å². The molecule has 3 aromatic rings. The van der Waals surface area contributed by atoms with Crippen molar-refractivity contribution < 1.29 is 9.53 Å². The van der Waals surface area contributed by atoms with E-state index in [9.17, 15) is 4.79 Å². The van der Waals surface area contributed by atoms with Crippen molar-refractivity contribution in [1.82, 2.24) is 14.5 Å². The lowest BCUT2D eigenvalue weighted by atomic mass is 10.0. The molecule has 0 fully saturated rings. The summed E-state index contributed by atoms with van der Waals surface area (Å²) in [7, 11) is 1.56. The smallest absolute Gasteiger partial charge is 0.322 e. The van der Waals surface area contributed by atoms with Gasteiger partial charge in [0.15, 0.2) is 0 Å². The molecule has 2 amide bonds. The summed E-state index contributed by atoms with van der Waals surface area (Å²) >= 11 is 0. The van der Waals surface area contributed by atoms with Gasteiger partial charge in [0.25, 0.3) is 0 Å². The van der Waals surface area contributed by atoms with Gasteiger partial charge in [0.2, 0.25) is 5.88 Å². The number of benzene rings is 1. The largest absolute Gasteiger partial charge is 0.481 e. The van der Waals surface area contributed by atoms with Crippen LogP contribution in [-0.2, 0) is 6.54 Å². The van der Waals surface area contributed by atoms with Crippen LogP contribution in [0, 0.1) is 0 Å². The average Bonchev–Trinajstić information content (AvgIpc) is 3.17. The van der Waals surface area contributed by atoms with Crippen LogP contribution in [0.1, 0.15) is 17.3 Å². The van der Waals surface area contributed by atoms with Crippen LogP contribution in [0.25, 0.3) is 0 Å². The monoisotopic (exact) mass is 348 g/mol. The molecule has 26 heavy (non-hydrogen) atoms. The van der Waals surface area contributed by atoms with Crippen LogP contribution in [0.2, 0.25) is 0 Å². The highest BCUT2D eigenvalue weighted by Crippen LogP contribution is 2.32. The number of aromatic nitrogens is 2. The summed E-state index contributed by atoms with van der Waals surface area (Å²) in [5.41, 5.74) is 2.85. The van der Waals surface area contributed by atoms with Gasteiger partial charge in [0.1, 0.15) is 0 Å². The van der Waals surface area contributed by atoms with Gasteiger partial charge in [-0.25, -0.2) is 9.78 Å². The molecule has 4 rings (SSSR count). The fourth-order valence-corrected chi connectivity index (χ4v) is 3.36. The van der Waals surface area contributed by atoms with Crippen molar-refractivity contribution in [1.29, 1.82) is 0 Å². The molecule has 1 aliphatic rings. The SMILES string of the molecule is COc1ccc(NC(=O)N2CCn3cccc3C2c2ccccc2)cn1. The van der Waals surface area contributed by atoms with Crippen molar-refractivity contribution in [3.8, 4) is 5.88 Å². The lowest BCUT2D eigenvalue weighted by molar-refractivity contribution is 0.182. The fraction of sp³-hybridized carbons (Fsp3) is 0.200. The zero-order valence-corrected chi connectivity index (χ0v) is 14.5. The summed E-state index contributed by atoms with van der Waals surface area (Å²) in [6.45, 7) is 1.41. The van der Waals surface area contributed by atoms with Gasteiger partial charge < -0.3 is 19.5 Å². The Hall–Kier alpha value is -3.28. The third kappa shape index (κ3) is 3.01. The van der Waals surface area contributed by atoms with Gasteiger partial charge in [-0.15, -0.1) is 0 Å². The van der Waals surface area contributed by atoms with E-state index < -0.39 is 0 Å². The third-order valence-corrected chi connectivity index (χ3v) is 4.61. The van der Waals surface area contributed by atoms with Gasteiger partial charge in [-0.05, 0) is 23.8 Å². The number of nitrogens with one attached hydrogen (secondary N) is 1. The third-order valence-electron chi connectivity index (χ3n) is 4.61. The predicted octanol–water partition coefficient (Wildman–Crippen LogP) is 3.53. The number of carbonyl (C=O) groups is 1. The molecular weight excluding hydrogens is 328 g/mol. The van der Waals surface area contributed by atoms with Crippen molar-refractivity contribution in [2.75, 3.05) is 19.0 Å². The first-order chi connectivity index (χ1) is 12.8. The van der Waals surface area contributed by atoms with Gasteiger partial charge in [-0.3, -0.25) is 0 Å². The van der Waals surface area contributed by atoms with Crippen LogP contribution in [0.4, 0.5) is 10.5 Å². The Kier molecular flexibility index (Phi) is 4.31. The van der Waals surface area contributed by atoms with Crippen molar-refractivity contribution >= 4 is 11.7 Å². The normalized spacial score (nSPS) is 16.0. The van der Waals surface area contributed by atoms with Crippen molar-refractivity contribution in [2.45, 2.75) is 12.6 Å². The predicted molar refractivity (Wildman–Crippen MR) is 99.2 cm³/mol. The second-order valence-corrected chi connectivity index (χ2v) is 6.15. The van der Waals surface area contributed by atoms with Crippen molar-refractivity contribution in [2.24, 2.45) is 0 Å². The number of fused-ring (bicyclic) bond motifs is 1. The first-order valence-corrected chi connectivity index (χ1v) is 8.54. The van der Waals surface area contributed by atoms with E-state index in [0.717, 1.165) is 17.8 Å². The summed E-state index contributed by atoms with van der Waals surface area (Å²) in [6.07, 6.45) is 3.66. The number of urea groups is 1. The summed E-state index contributed by atoms with van der Waals surface area (Å²) in [4.78, 5) is 19.0. The molecule has 1 aliphatic heterocycles. The van der Waals surface area contributed by atoms with E-state index in [1.165, 1.54) is 0 Å². The fourth-order valence-electron chi connectivity index (χ4n) is 3.36. The molecule has 0 bridgehead atoms. The Balaban J connectivity index is 1.62. The molecular formula is C20H20N4O2. The highest BCUT2D eigenvalue weighted by atomic mass is 16.5. The minimum absolute atomic E-state index is 0.119. The van der Waals surface area contributed by atoms with E-state index in [-0.39, 0.29) is 12.1 Å². The maximum atomic E-state index is 13.0. The molecule has 2 aromatic heterocycles. The Morgan fingerprint density at radius 2 is 1.96 bits per heavy atom. The summed E-state index contributed by atoms with van der Waals surface area (Å²) in [5, 5.41) is 2.95. The van der Waals surface area contributed by atoms with Crippen molar-refractivity contribution in [3.63, 3.8) is 0 Å². The molecule has 1 atom stereocenters. The number of carbonyl (C=O) groups excluding carboxylic acids is 1. The Morgan fingerprint density at radius 1 is 1.12 bits per heavy atom. The molecule has 1 aromatic carbocycles. The molecule has 0 saturated carbocycles. The Labute approximate surface area is 152 Å². The van der Waals surface area contributed by atoms with Crippen LogP contribution in [0.5, 0.6) is 5.88 Å². The highest BCUT2D eigenvalue weighted by molar-refractivity contribution is 5.89. The summed E-state index contributed by atoms with van der Waals surface area (Å²) < 4.78 is 7.26. The van der Waals surface area contributed by atoms with Crippen LogP contribution in [0.15, 0.2) is 67.0 Å². The summed E-state index contributed by atoms with van der Waals surface area (Å²) in [6, 6.07) is 17.5. The maximum absolute atomic E-state index is 13.0. The molecule has 0 aliphatic carbocycles. The summed E-state index contributed by atoms with van der Waals surface area (Å²) in [5.74, 6) is 0.515. The second kappa shape index (κ2) is 6.92. The van der Waals surface area contributed by atoms with E-state index in [4.69, 9.17) is 4.74 Å². The number of methoxy groups -OCH3 is 1. The Morgan fingerprint density at radius 3 is 2.69 bits per heavy atom. The van der Waals surface area contributed by atoms with Crippen LogP contribution < -0.4 is 10.1 Å². The lowest BCUT2D eigenvalue weighted by Gasteiger charge is -2.37. The standard InChI is InChI=1S/C20H20N4O2/c1-26-18-10-9-16(14-21-18)22-20(25)24-13-12-23-11-5-8-17(23)19(24)15-6-3-2-4-7-15/h2-11,14,19H,12-13H2,1H3,(H,22,25). The molecule has 132 valence electrons. The van der Waals surface area contributed by atoms with Gasteiger partial charge in [0.05, 0.1) is 25.0 Å². The number of ether oxygens (including phenoxy) is 1. The molecule has 0 spiro atoms. The molecule has 3 heterocycles. The minimum atomic E-state index is -0.140. The number of amides is 2. The highest BCUT2D eigenvalue weighted by Gasteiger charge is 2.32. The maximum Gasteiger partial charge on any atom is 0.322 e. The number of rotatable bonds is 3. The quantitative estimate of drug-likeness (QED) is 0.788. The molecule has 1 unspecified atom stereocenters. The number of pyridine rings is 1. The second-order valence-electron chi connectivity index (χ2n) is 6.15.